The van der Waals surface area contributed by atoms with Crippen molar-refractivity contribution in [1.82, 2.24) is 10.3 Å². The smallest absolute Gasteiger partial charge is 0.252 e. The fourth-order valence-electron chi connectivity index (χ4n) is 3.53. The van der Waals surface area contributed by atoms with Crippen molar-refractivity contribution in [1.29, 1.82) is 0 Å². The van der Waals surface area contributed by atoms with Gasteiger partial charge in [0.05, 0.1) is 30.0 Å². The van der Waals surface area contributed by atoms with E-state index in [4.69, 9.17) is 14.5 Å². The number of carbonyl (C=O) groups is 1. The van der Waals surface area contributed by atoms with Gasteiger partial charge in [-0.15, -0.1) is 0 Å². The summed E-state index contributed by atoms with van der Waals surface area (Å²) in [7, 11) is 1.63. The average molecular weight is 427 g/mol. The fraction of sp³-hybridized carbons (Fsp3) is 0.185. The molecule has 162 valence electrons. The van der Waals surface area contributed by atoms with Crippen LogP contribution < -0.4 is 14.8 Å². The largest absolute Gasteiger partial charge is 0.497 e. The summed E-state index contributed by atoms with van der Waals surface area (Å²) >= 11 is 0. The third-order valence-electron chi connectivity index (χ3n) is 5.07. The molecule has 0 unspecified atom stereocenters. The molecule has 0 radical (unpaired) electrons. The summed E-state index contributed by atoms with van der Waals surface area (Å²) in [5, 5.41) is 3.85. The lowest BCUT2D eigenvalue weighted by Crippen LogP contribution is -2.23. The Balaban J connectivity index is 1.65. The number of benzene rings is 3. The molecule has 0 fully saturated rings. The van der Waals surface area contributed by atoms with Crippen LogP contribution >= 0.6 is 0 Å². The van der Waals surface area contributed by atoms with Gasteiger partial charge in [-0.25, -0.2) is 4.98 Å². The van der Waals surface area contributed by atoms with E-state index < -0.39 is 0 Å². The quantitative estimate of drug-likeness (QED) is 0.416. The van der Waals surface area contributed by atoms with Gasteiger partial charge in [0.2, 0.25) is 0 Å². The molecule has 4 aromatic rings. The predicted octanol–water partition coefficient (Wildman–Crippen LogP) is 5.63. The molecule has 1 heterocycles. The maximum absolute atomic E-state index is 13.2. The second-order valence-electron chi connectivity index (χ2n) is 7.80. The average Bonchev–Trinajstić information content (AvgIpc) is 2.82. The molecule has 0 saturated heterocycles. The third-order valence-corrected chi connectivity index (χ3v) is 5.07. The first-order valence-electron chi connectivity index (χ1n) is 10.6. The molecular formula is C27H26N2O3. The van der Waals surface area contributed by atoms with Gasteiger partial charge in [0.25, 0.3) is 5.91 Å². The molecule has 5 heteroatoms. The Kier molecular flexibility index (Phi) is 6.36. The zero-order valence-electron chi connectivity index (χ0n) is 18.5. The minimum absolute atomic E-state index is 0.0779. The minimum Gasteiger partial charge on any atom is -0.497 e. The second kappa shape index (κ2) is 9.52. The number of amides is 1. The molecule has 4 rings (SSSR count). The lowest BCUT2D eigenvalue weighted by molar-refractivity contribution is 0.0952. The van der Waals surface area contributed by atoms with Crippen molar-refractivity contribution >= 4 is 16.8 Å². The zero-order valence-corrected chi connectivity index (χ0v) is 18.5. The lowest BCUT2D eigenvalue weighted by atomic mass is 10.0. The molecule has 0 atom stereocenters. The highest BCUT2D eigenvalue weighted by Gasteiger charge is 2.14. The van der Waals surface area contributed by atoms with Crippen LogP contribution in [0.3, 0.4) is 0 Å². The molecule has 0 aliphatic carbocycles. The maximum atomic E-state index is 13.2. The Labute approximate surface area is 188 Å². The minimum atomic E-state index is -0.143. The van der Waals surface area contributed by atoms with Crippen molar-refractivity contribution in [3.8, 4) is 22.8 Å². The van der Waals surface area contributed by atoms with Crippen molar-refractivity contribution in [2.24, 2.45) is 0 Å². The van der Waals surface area contributed by atoms with E-state index in [1.54, 1.807) is 7.11 Å². The van der Waals surface area contributed by atoms with Crippen molar-refractivity contribution in [2.45, 2.75) is 26.5 Å². The van der Waals surface area contributed by atoms with Crippen molar-refractivity contribution in [3.63, 3.8) is 0 Å². The second-order valence-corrected chi connectivity index (χ2v) is 7.80. The highest BCUT2D eigenvalue weighted by atomic mass is 16.5. The summed E-state index contributed by atoms with van der Waals surface area (Å²) in [6.07, 6.45) is 0.0779. The molecule has 32 heavy (non-hydrogen) atoms. The summed E-state index contributed by atoms with van der Waals surface area (Å²) in [6.45, 7) is 4.41. The van der Waals surface area contributed by atoms with Crippen LogP contribution in [0.4, 0.5) is 0 Å². The SMILES string of the molecule is COc1ccc(CNC(=O)c2cc(-c3cccc(OC(C)C)c3)nc3ccccc23)cc1. The monoisotopic (exact) mass is 426 g/mol. The lowest BCUT2D eigenvalue weighted by Gasteiger charge is -2.13. The Morgan fingerprint density at radius 2 is 1.72 bits per heavy atom. The van der Waals surface area contributed by atoms with Gasteiger partial charge < -0.3 is 14.8 Å². The number of fused-ring (bicyclic) bond motifs is 1. The van der Waals surface area contributed by atoms with E-state index in [9.17, 15) is 4.79 Å². The Morgan fingerprint density at radius 3 is 2.47 bits per heavy atom. The number of hydrogen-bond acceptors (Lipinski definition) is 4. The van der Waals surface area contributed by atoms with Gasteiger partial charge in [-0.2, -0.15) is 0 Å². The molecule has 0 aliphatic heterocycles. The molecule has 0 aliphatic rings. The van der Waals surface area contributed by atoms with Crippen molar-refractivity contribution < 1.29 is 14.3 Å². The Morgan fingerprint density at radius 1 is 0.938 bits per heavy atom. The van der Waals surface area contributed by atoms with E-state index in [1.807, 2.05) is 92.7 Å². The van der Waals surface area contributed by atoms with Crippen LogP contribution in [0.1, 0.15) is 29.8 Å². The molecule has 3 aromatic carbocycles. The van der Waals surface area contributed by atoms with Gasteiger partial charge in [0.1, 0.15) is 11.5 Å². The number of pyridine rings is 1. The van der Waals surface area contributed by atoms with Crippen LogP contribution in [0.25, 0.3) is 22.2 Å². The fourth-order valence-corrected chi connectivity index (χ4v) is 3.53. The molecule has 0 saturated carbocycles. The summed E-state index contributed by atoms with van der Waals surface area (Å²) in [4.78, 5) is 18.0. The number of nitrogens with one attached hydrogen (secondary N) is 1. The summed E-state index contributed by atoms with van der Waals surface area (Å²) in [5.74, 6) is 1.42. The zero-order chi connectivity index (χ0) is 22.5. The third kappa shape index (κ3) is 4.89. The van der Waals surface area contributed by atoms with Crippen LogP contribution in [0, 0.1) is 0 Å². The molecule has 0 spiro atoms. The number of carbonyl (C=O) groups excluding carboxylic acids is 1. The highest BCUT2D eigenvalue weighted by Crippen LogP contribution is 2.27. The summed E-state index contributed by atoms with van der Waals surface area (Å²) in [5.41, 5.74) is 3.99. The first-order valence-corrected chi connectivity index (χ1v) is 10.6. The van der Waals surface area contributed by atoms with Crippen molar-refractivity contribution in [3.05, 3.63) is 90.0 Å². The number of nitrogens with zero attached hydrogens (tertiary/aromatic N) is 1. The number of para-hydroxylation sites is 1. The van der Waals surface area contributed by atoms with Gasteiger partial charge in [-0.05, 0) is 55.8 Å². The first kappa shape index (κ1) is 21.4. The van der Waals surface area contributed by atoms with E-state index in [-0.39, 0.29) is 12.0 Å². The van der Waals surface area contributed by atoms with Crippen LogP contribution in [0.5, 0.6) is 11.5 Å². The Bertz CT molecular complexity index is 1230. The Hall–Kier alpha value is -3.86. The topological polar surface area (TPSA) is 60.5 Å². The van der Waals surface area contributed by atoms with Crippen molar-refractivity contribution in [2.75, 3.05) is 7.11 Å². The summed E-state index contributed by atoms with van der Waals surface area (Å²) in [6, 6.07) is 25.0. The van der Waals surface area contributed by atoms with Crippen LogP contribution in [-0.4, -0.2) is 24.1 Å². The summed E-state index contributed by atoms with van der Waals surface area (Å²) < 4.78 is 11.0. The molecule has 5 nitrogen and oxygen atoms in total. The molecule has 0 bridgehead atoms. The van der Waals surface area contributed by atoms with Gasteiger partial charge in [-0.1, -0.05) is 42.5 Å². The molecule has 1 amide bonds. The van der Waals surface area contributed by atoms with Gasteiger partial charge in [0, 0.05) is 17.5 Å². The predicted molar refractivity (Wildman–Crippen MR) is 127 cm³/mol. The van der Waals surface area contributed by atoms with Gasteiger partial charge in [0.15, 0.2) is 0 Å². The van der Waals surface area contributed by atoms with E-state index in [2.05, 4.69) is 5.32 Å². The molecular weight excluding hydrogens is 400 g/mol. The van der Waals surface area contributed by atoms with Crippen LogP contribution in [0.2, 0.25) is 0 Å². The number of rotatable bonds is 7. The van der Waals surface area contributed by atoms with Crippen LogP contribution in [0.15, 0.2) is 78.9 Å². The molecule has 1 aromatic heterocycles. The number of hydrogen-bond donors (Lipinski definition) is 1. The number of ether oxygens (including phenoxy) is 2. The van der Waals surface area contributed by atoms with Gasteiger partial charge >= 0.3 is 0 Å². The van der Waals surface area contributed by atoms with Gasteiger partial charge in [-0.3, -0.25) is 4.79 Å². The molecule has 1 N–H and O–H groups in total. The highest BCUT2D eigenvalue weighted by molar-refractivity contribution is 6.07. The normalized spacial score (nSPS) is 10.9. The standard InChI is InChI=1S/C27H26N2O3/c1-18(2)32-22-8-6-7-20(15-22)26-16-24(23-9-4-5-10-25(23)29-26)27(30)28-17-19-11-13-21(31-3)14-12-19/h4-16,18H,17H2,1-3H3,(H,28,30). The maximum Gasteiger partial charge on any atom is 0.252 e. The van der Waals surface area contributed by atoms with E-state index in [0.29, 0.717) is 12.1 Å². The van der Waals surface area contributed by atoms with Crippen LogP contribution in [-0.2, 0) is 6.54 Å². The van der Waals surface area contributed by atoms with E-state index in [0.717, 1.165) is 39.2 Å². The number of methoxy groups -OCH3 is 1. The van der Waals surface area contributed by atoms with E-state index in [1.165, 1.54) is 0 Å². The number of aromatic nitrogens is 1. The van der Waals surface area contributed by atoms with E-state index >= 15 is 0 Å². The first-order chi connectivity index (χ1) is 15.5.